The number of aliphatic hydroxyl groups is 1. The summed E-state index contributed by atoms with van der Waals surface area (Å²) in [4.78, 5) is 21.9. The fraction of sp³-hybridized carbons (Fsp3) is 0.286. The molecule has 0 fully saturated rings. The maximum atomic E-state index is 12.3. The van der Waals surface area contributed by atoms with Gasteiger partial charge in [0.2, 0.25) is 0 Å². The molecule has 0 spiro atoms. The van der Waals surface area contributed by atoms with Crippen molar-refractivity contribution in [3.05, 3.63) is 37.7 Å². The van der Waals surface area contributed by atoms with Crippen LogP contribution < -0.4 is 5.56 Å². The number of nitrogens with zero attached hydrogens (tertiary/aromatic N) is 1. The summed E-state index contributed by atoms with van der Waals surface area (Å²) in [6, 6.07) is 0.627. The van der Waals surface area contributed by atoms with Crippen molar-refractivity contribution >= 4 is 5.82 Å². The summed E-state index contributed by atoms with van der Waals surface area (Å²) < 4.78 is 24.7. The van der Waals surface area contributed by atoms with E-state index in [1.165, 1.54) is 0 Å². The number of nitro groups is 1. The first-order valence-electron chi connectivity index (χ1n) is 3.77. The molecule has 0 unspecified atom stereocenters. The zero-order chi connectivity index (χ0) is 11.6. The Morgan fingerprint density at radius 2 is 2.20 bits per heavy atom. The fourth-order valence-corrected chi connectivity index (χ4v) is 1.02. The first kappa shape index (κ1) is 11.2. The second kappa shape index (κ2) is 4.13. The summed E-state index contributed by atoms with van der Waals surface area (Å²) in [7, 11) is 0. The Morgan fingerprint density at radius 1 is 1.60 bits per heavy atom. The van der Waals surface area contributed by atoms with Gasteiger partial charge in [-0.2, -0.15) is 0 Å². The second-order valence-corrected chi connectivity index (χ2v) is 2.64. The molecule has 15 heavy (non-hydrogen) atoms. The molecule has 0 atom stereocenters. The Hall–Kier alpha value is -1.83. The minimum absolute atomic E-state index is 0.337. The molecular weight excluding hydrogens is 214 g/mol. The maximum Gasteiger partial charge on any atom is 0.337 e. The van der Waals surface area contributed by atoms with Crippen LogP contribution in [0.15, 0.2) is 10.9 Å². The molecule has 1 rings (SSSR count). The molecule has 1 heterocycles. The number of rotatable bonds is 3. The Morgan fingerprint density at radius 3 is 2.60 bits per heavy atom. The van der Waals surface area contributed by atoms with Crippen LogP contribution in [-0.4, -0.2) is 15.0 Å². The highest BCUT2D eigenvalue weighted by Gasteiger charge is 2.23. The van der Waals surface area contributed by atoms with Crippen LogP contribution in [-0.2, 0) is 6.61 Å². The number of alkyl halides is 2. The molecule has 0 bridgehead atoms. The predicted molar refractivity (Wildman–Crippen MR) is 44.6 cm³/mol. The third-order valence-electron chi connectivity index (χ3n) is 1.71. The molecule has 0 saturated heterocycles. The molecule has 0 aliphatic carbocycles. The highest BCUT2D eigenvalue weighted by atomic mass is 19.3. The van der Waals surface area contributed by atoms with E-state index in [1.54, 1.807) is 4.98 Å². The third kappa shape index (κ3) is 2.15. The van der Waals surface area contributed by atoms with Gasteiger partial charge < -0.3 is 15.2 Å². The third-order valence-corrected chi connectivity index (χ3v) is 1.71. The number of halogens is 2. The molecule has 2 N–H and O–H groups in total. The van der Waals surface area contributed by atoms with Crippen LogP contribution in [0.4, 0.5) is 14.6 Å². The monoisotopic (exact) mass is 220 g/mol. The highest BCUT2D eigenvalue weighted by Crippen LogP contribution is 2.26. The van der Waals surface area contributed by atoms with Gasteiger partial charge in [0, 0.05) is 0 Å². The van der Waals surface area contributed by atoms with Crippen LogP contribution in [0, 0.1) is 10.1 Å². The smallest absolute Gasteiger partial charge is 0.337 e. The van der Waals surface area contributed by atoms with Crippen molar-refractivity contribution in [2.45, 2.75) is 13.0 Å². The Bertz CT molecular complexity index is 443. The molecule has 1 aromatic heterocycles. The van der Waals surface area contributed by atoms with E-state index >= 15 is 0 Å². The number of hydrogen-bond acceptors (Lipinski definition) is 4. The topological polar surface area (TPSA) is 96.2 Å². The number of pyridine rings is 1. The normalized spacial score (nSPS) is 10.7. The minimum Gasteiger partial charge on any atom is -0.391 e. The van der Waals surface area contributed by atoms with Gasteiger partial charge in [-0.15, -0.1) is 0 Å². The van der Waals surface area contributed by atoms with E-state index in [-0.39, 0.29) is 5.56 Å². The van der Waals surface area contributed by atoms with Crippen LogP contribution in [0.3, 0.4) is 0 Å². The van der Waals surface area contributed by atoms with Crippen LogP contribution in [0.2, 0.25) is 0 Å². The molecule has 8 heteroatoms. The van der Waals surface area contributed by atoms with Crippen LogP contribution >= 0.6 is 0 Å². The summed E-state index contributed by atoms with van der Waals surface area (Å²) in [6.07, 6.45) is -3.09. The van der Waals surface area contributed by atoms with Crippen molar-refractivity contribution < 1.29 is 18.8 Å². The predicted octanol–water partition coefficient (Wildman–Crippen LogP) is 0.713. The van der Waals surface area contributed by atoms with E-state index in [0.29, 0.717) is 6.07 Å². The molecule has 1 aromatic rings. The van der Waals surface area contributed by atoms with Crippen molar-refractivity contribution in [2.75, 3.05) is 0 Å². The fourth-order valence-electron chi connectivity index (χ4n) is 1.02. The number of hydrogen-bond donors (Lipinski definition) is 2. The van der Waals surface area contributed by atoms with Crippen molar-refractivity contribution in [3.8, 4) is 0 Å². The van der Waals surface area contributed by atoms with Gasteiger partial charge in [0.05, 0.1) is 12.2 Å². The Balaban J connectivity index is 3.46. The van der Waals surface area contributed by atoms with Gasteiger partial charge in [0.15, 0.2) is 0 Å². The average Bonchev–Trinajstić information content (AvgIpc) is 2.16. The summed E-state index contributed by atoms with van der Waals surface area (Å²) >= 11 is 0. The van der Waals surface area contributed by atoms with Gasteiger partial charge in [-0.25, -0.2) is 18.6 Å². The second-order valence-electron chi connectivity index (χ2n) is 2.64. The van der Waals surface area contributed by atoms with Gasteiger partial charge in [-0.1, -0.05) is 0 Å². The van der Waals surface area contributed by atoms with Crippen molar-refractivity contribution in [2.24, 2.45) is 0 Å². The number of nitrogens with one attached hydrogen (secondary N) is 1. The molecule has 0 aromatic carbocycles. The zero-order valence-electron chi connectivity index (χ0n) is 7.24. The number of H-pyrrole nitrogens is 1. The van der Waals surface area contributed by atoms with Gasteiger partial charge in [-0.3, -0.25) is 0 Å². The summed E-state index contributed by atoms with van der Waals surface area (Å²) in [5, 5.41) is 18.9. The molecular formula is C7H6F2N2O4. The van der Waals surface area contributed by atoms with E-state index < -0.39 is 34.9 Å². The zero-order valence-corrected chi connectivity index (χ0v) is 7.24. The number of aromatic amines is 1. The van der Waals surface area contributed by atoms with Crippen LogP contribution in [0.1, 0.15) is 17.6 Å². The lowest BCUT2D eigenvalue weighted by atomic mass is 10.2. The Labute approximate surface area is 81.3 Å². The molecule has 0 radical (unpaired) electrons. The van der Waals surface area contributed by atoms with E-state index in [0.717, 1.165) is 0 Å². The van der Waals surface area contributed by atoms with Crippen molar-refractivity contribution in [3.63, 3.8) is 0 Å². The number of aromatic nitrogens is 1. The molecule has 6 nitrogen and oxygen atoms in total. The first-order valence-corrected chi connectivity index (χ1v) is 3.77. The largest absolute Gasteiger partial charge is 0.391 e. The molecule has 0 saturated carbocycles. The lowest BCUT2D eigenvalue weighted by molar-refractivity contribution is -0.391. The minimum atomic E-state index is -3.09. The number of aliphatic hydroxyl groups excluding tert-OH is 1. The van der Waals surface area contributed by atoms with Crippen molar-refractivity contribution in [1.29, 1.82) is 0 Å². The summed E-state index contributed by atoms with van der Waals surface area (Å²) in [5.74, 6) is -1.05. The molecule has 0 aliphatic rings. The van der Waals surface area contributed by atoms with E-state index in [2.05, 4.69) is 0 Å². The van der Waals surface area contributed by atoms with Gasteiger partial charge in [0.25, 0.3) is 6.43 Å². The lowest BCUT2D eigenvalue weighted by Crippen LogP contribution is -2.16. The van der Waals surface area contributed by atoms with Crippen LogP contribution in [0.5, 0.6) is 0 Å². The SMILES string of the molecule is O=c1[nH]c([N+](=O)[O-])c(C(F)F)cc1CO. The lowest BCUT2D eigenvalue weighted by Gasteiger charge is -2.03. The van der Waals surface area contributed by atoms with Crippen molar-refractivity contribution in [1.82, 2.24) is 4.98 Å². The van der Waals surface area contributed by atoms with E-state index in [1.807, 2.05) is 0 Å². The maximum absolute atomic E-state index is 12.3. The molecule has 0 amide bonds. The summed E-state index contributed by atoms with van der Waals surface area (Å²) in [5.41, 5.74) is -2.20. The Kier molecular flexibility index (Phi) is 3.10. The molecule has 0 aliphatic heterocycles. The van der Waals surface area contributed by atoms with Gasteiger partial charge in [0.1, 0.15) is 5.56 Å². The van der Waals surface area contributed by atoms with E-state index in [9.17, 15) is 23.7 Å². The van der Waals surface area contributed by atoms with Gasteiger partial charge >= 0.3 is 11.4 Å². The summed E-state index contributed by atoms with van der Waals surface area (Å²) in [6.45, 7) is -0.757. The highest BCUT2D eigenvalue weighted by molar-refractivity contribution is 5.35. The molecule has 82 valence electrons. The van der Waals surface area contributed by atoms with E-state index in [4.69, 9.17) is 5.11 Å². The first-order chi connectivity index (χ1) is 6.97. The quantitative estimate of drug-likeness (QED) is 0.579. The standard InChI is InChI=1S/C7H6F2N2O4/c8-5(9)4-1-3(2-12)7(13)10-6(4)11(14)15/h1,5,12H,2H2,(H,10,13). The van der Waals surface area contributed by atoms with Gasteiger partial charge in [-0.05, 0) is 11.0 Å². The average molecular weight is 220 g/mol. The van der Waals surface area contributed by atoms with Crippen LogP contribution in [0.25, 0.3) is 0 Å².